The van der Waals surface area contributed by atoms with Crippen LogP contribution < -0.4 is 10.6 Å². The Bertz CT molecular complexity index is 993. The lowest BCUT2D eigenvalue weighted by Gasteiger charge is -2.20. The van der Waals surface area contributed by atoms with Crippen molar-refractivity contribution in [2.24, 2.45) is 0 Å². The van der Waals surface area contributed by atoms with Crippen LogP contribution in [0.1, 0.15) is 31.9 Å². The lowest BCUT2D eigenvalue weighted by molar-refractivity contribution is -0.137. The Hall–Kier alpha value is -3.16. The number of hydrogen-bond donors (Lipinski definition) is 2. The summed E-state index contributed by atoms with van der Waals surface area (Å²) >= 11 is 0. The summed E-state index contributed by atoms with van der Waals surface area (Å²) in [6.45, 7) is 6.05. The van der Waals surface area contributed by atoms with Gasteiger partial charge in [0, 0.05) is 17.6 Å². The minimum Gasteiger partial charge on any atom is -0.340 e. The summed E-state index contributed by atoms with van der Waals surface area (Å²) in [5, 5.41) is 5.53. The molecular formula is C21H20F4N4. The fourth-order valence-corrected chi connectivity index (χ4v) is 2.61. The zero-order valence-electron chi connectivity index (χ0n) is 16.1. The van der Waals surface area contributed by atoms with Crippen LogP contribution in [-0.4, -0.2) is 9.97 Å². The van der Waals surface area contributed by atoms with E-state index in [1.54, 1.807) is 18.2 Å². The molecule has 1 aromatic heterocycles. The fraction of sp³-hybridized carbons (Fsp3) is 0.238. The standard InChI is InChI=1S/C21H20F4N4/c1-20(2,3)13-5-4-6-16(11-13)27-18-17(21(23,24)25)12-26-19(29-18)28-15-9-7-14(22)8-10-15/h4-12H,1-3H3,(H2,26,27,28,29). The van der Waals surface area contributed by atoms with Gasteiger partial charge in [0.2, 0.25) is 5.95 Å². The van der Waals surface area contributed by atoms with Gasteiger partial charge in [0.1, 0.15) is 17.2 Å². The van der Waals surface area contributed by atoms with Gasteiger partial charge in [-0.15, -0.1) is 0 Å². The Morgan fingerprint density at radius 3 is 2.17 bits per heavy atom. The van der Waals surface area contributed by atoms with Gasteiger partial charge >= 0.3 is 6.18 Å². The van der Waals surface area contributed by atoms with E-state index in [1.807, 2.05) is 26.8 Å². The molecule has 0 amide bonds. The van der Waals surface area contributed by atoms with Crippen LogP contribution in [0.2, 0.25) is 0 Å². The number of benzene rings is 2. The number of anilines is 4. The molecule has 0 aliphatic rings. The maximum atomic E-state index is 13.4. The van der Waals surface area contributed by atoms with Crippen LogP contribution in [0, 0.1) is 5.82 Å². The highest BCUT2D eigenvalue weighted by Gasteiger charge is 2.35. The Morgan fingerprint density at radius 1 is 0.862 bits per heavy atom. The Balaban J connectivity index is 1.95. The highest BCUT2D eigenvalue weighted by molar-refractivity contribution is 5.63. The molecule has 3 rings (SSSR count). The molecule has 0 atom stereocenters. The smallest absolute Gasteiger partial charge is 0.340 e. The zero-order chi connectivity index (χ0) is 21.2. The molecule has 4 nitrogen and oxygen atoms in total. The van der Waals surface area contributed by atoms with Crippen molar-refractivity contribution in [3.05, 3.63) is 71.7 Å². The second kappa shape index (κ2) is 7.69. The van der Waals surface area contributed by atoms with E-state index in [2.05, 4.69) is 20.6 Å². The first kappa shape index (κ1) is 20.6. The van der Waals surface area contributed by atoms with Gasteiger partial charge in [-0.2, -0.15) is 18.2 Å². The topological polar surface area (TPSA) is 49.8 Å². The van der Waals surface area contributed by atoms with E-state index >= 15 is 0 Å². The molecule has 0 aliphatic carbocycles. The van der Waals surface area contributed by atoms with Crippen LogP contribution in [0.4, 0.5) is 40.7 Å². The molecule has 2 aromatic carbocycles. The molecule has 0 saturated heterocycles. The number of halogens is 4. The van der Waals surface area contributed by atoms with Gasteiger partial charge in [0.05, 0.1) is 0 Å². The van der Waals surface area contributed by atoms with E-state index in [0.717, 1.165) is 11.8 Å². The van der Waals surface area contributed by atoms with Crippen LogP contribution in [-0.2, 0) is 11.6 Å². The first-order valence-electron chi connectivity index (χ1n) is 8.87. The third-order valence-corrected chi connectivity index (χ3v) is 4.19. The van der Waals surface area contributed by atoms with Gasteiger partial charge in [-0.25, -0.2) is 9.37 Å². The van der Waals surface area contributed by atoms with Crippen molar-refractivity contribution in [2.75, 3.05) is 10.6 Å². The number of nitrogens with one attached hydrogen (secondary N) is 2. The van der Waals surface area contributed by atoms with Gasteiger partial charge in [-0.1, -0.05) is 32.9 Å². The highest BCUT2D eigenvalue weighted by atomic mass is 19.4. The molecule has 0 fully saturated rings. The fourth-order valence-electron chi connectivity index (χ4n) is 2.61. The molecular weight excluding hydrogens is 384 g/mol. The average molecular weight is 404 g/mol. The van der Waals surface area contributed by atoms with Crippen molar-refractivity contribution >= 4 is 23.1 Å². The van der Waals surface area contributed by atoms with Gasteiger partial charge in [0.15, 0.2) is 0 Å². The second-order valence-corrected chi connectivity index (χ2v) is 7.54. The Kier molecular flexibility index (Phi) is 5.46. The first-order chi connectivity index (χ1) is 13.5. The van der Waals surface area contributed by atoms with Gasteiger partial charge < -0.3 is 10.6 Å². The van der Waals surface area contributed by atoms with E-state index in [9.17, 15) is 17.6 Å². The van der Waals surface area contributed by atoms with Gasteiger partial charge in [0.25, 0.3) is 0 Å². The van der Waals surface area contributed by atoms with E-state index in [0.29, 0.717) is 11.4 Å². The number of aromatic nitrogens is 2. The van der Waals surface area contributed by atoms with Crippen LogP contribution in [0.15, 0.2) is 54.7 Å². The number of alkyl halides is 3. The predicted molar refractivity (Wildman–Crippen MR) is 105 cm³/mol. The molecule has 8 heteroatoms. The van der Waals surface area contributed by atoms with E-state index < -0.39 is 17.6 Å². The molecule has 0 saturated carbocycles. The first-order valence-corrected chi connectivity index (χ1v) is 8.87. The molecule has 0 aliphatic heterocycles. The average Bonchev–Trinajstić information content (AvgIpc) is 2.62. The minimum absolute atomic E-state index is 0.0425. The maximum Gasteiger partial charge on any atom is 0.421 e. The van der Waals surface area contributed by atoms with Crippen molar-refractivity contribution in [2.45, 2.75) is 32.4 Å². The van der Waals surface area contributed by atoms with E-state index in [4.69, 9.17) is 0 Å². The molecule has 152 valence electrons. The van der Waals surface area contributed by atoms with Crippen molar-refractivity contribution in [1.29, 1.82) is 0 Å². The predicted octanol–water partition coefficient (Wildman–Crippen LogP) is 6.42. The molecule has 3 aromatic rings. The van der Waals surface area contributed by atoms with Crippen molar-refractivity contribution in [3.8, 4) is 0 Å². The third kappa shape index (κ3) is 5.22. The van der Waals surface area contributed by atoms with Crippen LogP contribution >= 0.6 is 0 Å². The molecule has 0 spiro atoms. The van der Waals surface area contributed by atoms with Gasteiger partial charge in [-0.3, -0.25) is 0 Å². The largest absolute Gasteiger partial charge is 0.421 e. The normalized spacial score (nSPS) is 12.0. The zero-order valence-corrected chi connectivity index (χ0v) is 16.1. The van der Waals surface area contributed by atoms with Crippen LogP contribution in [0.25, 0.3) is 0 Å². The summed E-state index contributed by atoms with van der Waals surface area (Å²) < 4.78 is 53.4. The minimum atomic E-state index is -4.63. The summed E-state index contributed by atoms with van der Waals surface area (Å²) in [6.07, 6.45) is -3.91. The number of hydrogen-bond acceptors (Lipinski definition) is 4. The summed E-state index contributed by atoms with van der Waals surface area (Å²) in [5.41, 5.74) is 0.755. The third-order valence-electron chi connectivity index (χ3n) is 4.19. The molecule has 1 heterocycles. The molecule has 0 unspecified atom stereocenters. The monoisotopic (exact) mass is 404 g/mol. The van der Waals surface area contributed by atoms with Crippen molar-refractivity contribution in [1.82, 2.24) is 9.97 Å². The lowest BCUT2D eigenvalue weighted by Crippen LogP contribution is -2.14. The van der Waals surface area contributed by atoms with Crippen molar-refractivity contribution < 1.29 is 17.6 Å². The van der Waals surface area contributed by atoms with E-state index in [1.165, 1.54) is 24.3 Å². The maximum absolute atomic E-state index is 13.4. The summed E-state index contributed by atoms with van der Waals surface area (Å²) in [4.78, 5) is 7.74. The summed E-state index contributed by atoms with van der Waals surface area (Å²) in [5.74, 6) is -0.841. The number of nitrogens with zero attached hydrogens (tertiary/aromatic N) is 2. The van der Waals surface area contributed by atoms with Gasteiger partial charge in [-0.05, 0) is 47.4 Å². The second-order valence-electron chi connectivity index (χ2n) is 7.54. The lowest BCUT2D eigenvalue weighted by atomic mass is 9.87. The summed E-state index contributed by atoms with van der Waals surface area (Å²) in [6, 6.07) is 12.5. The quantitative estimate of drug-likeness (QED) is 0.493. The SMILES string of the molecule is CC(C)(C)c1cccc(Nc2nc(Nc3ccc(F)cc3)ncc2C(F)(F)F)c1. The molecule has 0 radical (unpaired) electrons. The van der Waals surface area contributed by atoms with Crippen molar-refractivity contribution in [3.63, 3.8) is 0 Å². The Morgan fingerprint density at radius 2 is 1.55 bits per heavy atom. The molecule has 0 bridgehead atoms. The molecule has 2 N–H and O–H groups in total. The van der Waals surface area contributed by atoms with Crippen LogP contribution in [0.5, 0.6) is 0 Å². The number of rotatable bonds is 4. The summed E-state index contributed by atoms with van der Waals surface area (Å²) in [7, 11) is 0. The molecule has 29 heavy (non-hydrogen) atoms. The van der Waals surface area contributed by atoms with E-state index in [-0.39, 0.29) is 17.2 Å². The Labute approximate surface area is 166 Å². The highest BCUT2D eigenvalue weighted by Crippen LogP contribution is 2.36. The van der Waals surface area contributed by atoms with Crippen LogP contribution in [0.3, 0.4) is 0 Å².